The topological polar surface area (TPSA) is 30.2 Å². The van der Waals surface area contributed by atoms with Crippen molar-refractivity contribution in [2.45, 2.75) is 71.1 Å². The van der Waals surface area contributed by atoms with Gasteiger partial charge in [0, 0.05) is 10.9 Å². The van der Waals surface area contributed by atoms with Gasteiger partial charge in [-0.1, -0.05) is 82.0 Å². The van der Waals surface area contributed by atoms with E-state index in [1.54, 1.807) is 6.07 Å². The molecule has 2 aromatic rings. The van der Waals surface area contributed by atoms with Crippen molar-refractivity contribution >= 4 is 22.6 Å². The first-order valence-electron chi connectivity index (χ1n) is 8.93. The van der Waals surface area contributed by atoms with Crippen LogP contribution in [-0.2, 0) is 6.42 Å². The molecule has 1 aromatic heterocycles. The highest BCUT2D eigenvalue weighted by molar-refractivity contribution is 6.34. The summed E-state index contributed by atoms with van der Waals surface area (Å²) in [7, 11) is 0. The third-order valence-electron chi connectivity index (χ3n) is 4.33. The Kier molecular flexibility index (Phi) is 7.67. The van der Waals surface area contributed by atoms with Crippen molar-refractivity contribution in [3.05, 3.63) is 45.3 Å². The molecular formula is C20H27ClO2. The molecule has 0 aliphatic rings. The molecule has 0 saturated heterocycles. The van der Waals surface area contributed by atoms with Crippen LogP contribution in [0.15, 0.2) is 33.5 Å². The minimum Gasteiger partial charge on any atom is -0.421 e. The molecule has 23 heavy (non-hydrogen) atoms. The molecule has 0 unspecified atom stereocenters. The van der Waals surface area contributed by atoms with Gasteiger partial charge in [-0.05, 0) is 25.0 Å². The summed E-state index contributed by atoms with van der Waals surface area (Å²) < 4.78 is 5.37. The van der Waals surface area contributed by atoms with Crippen LogP contribution >= 0.6 is 11.6 Å². The van der Waals surface area contributed by atoms with Gasteiger partial charge < -0.3 is 4.42 Å². The van der Waals surface area contributed by atoms with Crippen LogP contribution in [0.4, 0.5) is 0 Å². The SMILES string of the molecule is CCCCCCCCCCCc1cc2cccc(Cl)c2oc1=O. The van der Waals surface area contributed by atoms with Crippen LogP contribution in [0.3, 0.4) is 0 Å². The first-order chi connectivity index (χ1) is 11.2. The molecule has 1 heterocycles. The molecule has 0 aliphatic carbocycles. The zero-order chi connectivity index (χ0) is 16.5. The van der Waals surface area contributed by atoms with Crippen molar-refractivity contribution in [3.63, 3.8) is 0 Å². The van der Waals surface area contributed by atoms with Gasteiger partial charge in [-0.3, -0.25) is 0 Å². The Hall–Kier alpha value is -1.28. The third kappa shape index (κ3) is 5.69. The lowest BCUT2D eigenvalue weighted by atomic mass is 10.0. The molecule has 126 valence electrons. The fourth-order valence-electron chi connectivity index (χ4n) is 2.95. The maximum atomic E-state index is 12.0. The predicted octanol–water partition coefficient (Wildman–Crippen LogP) is 6.52. The van der Waals surface area contributed by atoms with Crippen LogP contribution in [0.5, 0.6) is 0 Å². The summed E-state index contributed by atoms with van der Waals surface area (Å²) in [6.45, 7) is 2.25. The van der Waals surface area contributed by atoms with Gasteiger partial charge in [0.25, 0.3) is 0 Å². The van der Waals surface area contributed by atoms with Gasteiger partial charge >= 0.3 is 5.63 Å². The lowest BCUT2D eigenvalue weighted by Gasteiger charge is -2.04. The van der Waals surface area contributed by atoms with Crippen molar-refractivity contribution < 1.29 is 4.42 Å². The molecule has 0 N–H and O–H groups in total. The summed E-state index contributed by atoms with van der Waals surface area (Å²) in [5, 5.41) is 1.40. The van der Waals surface area contributed by atoms with Crippen LogP contribution < -0.4 is 5.63 Å². The van der Waals surface area contributed by atoms with Crippen molar-refractivity contribution in [1.29, 1.82) is 0 Å². The van der Waals surface area contributed by atoms with Crippen molar-refractivity contribution in [1.82, 2.24) is 0 Å². The van der Waals surface area contributed by atoms with Gasteiger partial charge in [0.05, 0.1) is 5.02 Å². The van der Waals surface area contributed by atoms with Crippen molar-refractivity contribution in [2.24, 2.45) is 0 Å². The highest BCUT2D eigenvalue weighted by Gasteiger charge is 2.07. The summed E-state index contributed by atoms with van der Waals surface area (Å²) in [6.07, 6.45) is 12.3. The lowest BCUT2D eigenvalue weighted by molar-refractivity contribution is 0.538. The monoisotopic (exact) mass is 334 g/mol. The zero-order valence-electron chi connectivity index (χ0n) is 14.1. The molecule has 2 rings (SSSR count). The van der Waals surface area contributed by atoms with E-state index in [4.69, 9.17) is 16.0 Å². The highest BCUT2D eigenvalue weighted by atomic mass is 35.5. The number of unbranched alkanes of at least 4 members (excludes halogenated alkanes) is 8. The Bertz CT molecular complexity index is 660. The maximum absolute atomic E-state index is 12.0. The summed E-state index contributed by atoms with van der Waals surface area (Å²) in [6, 6.07) is 7.49. The van der Waals surface area contributed by atoms with E-state index < -0.39 is 0 Å². The number of hydrogen-bond acceptors (Lipinski definition) is 2. The first-order valence-corrected chi connectivity index (χ1v) is 9.31. The van der Waals surface area contributed by atoms with E-state index in [0.29, 0.717) is 10.6 Å². The number of para-hydroxylation sites is 1. The molecule has 3 heteroatoms. The molecule has 2 nitrogen and oxygen atoms in total. The van der Waals surface area contributed by atoms with Crippen LogP contribution in [0.2, 0.25) is 5.02 Å². The summed E-state index contributed by atoms with van der Waals surface area (Å²) in [4.78, 5) is 12.0. The van der Waals surface area contributed by atoms with Gasteiger partial charge in [-0.25, -0.2) is 4.79 Å². The fraction of sp³-hybridized carbons (Fsp3) is 0.550. The maximum Gasteiger partial charge on any atom is 0.339 e. The largest absolute Gasteiger partial charge is 0.421 e. The second-order valence-electron chi connectivity index (χ2n) is 6.30. The predicted molar refractivity (Wildman–Crippen MR) is 98.4 cm³/mol. The Morgan fingerprint density at radius 3 is 2.30 bits per heavy atom. The number of hydrogen-bond donors (Lipinski definition) is 0. The van der Waals surface area contributed by atoms with Gasteiger partial charge in [-0.2, -0.15) is 0 Å². The number of rotatable bonds is 10. The summed E-state index contributed by atoms with van der Waals surface area (Å²) in [5.41, 5.74) is 1.02. The molecule has 0 radical (unpaired) electrons. The van der Waals surface area contributed by atoms with Crippen LogP contribution in [-0.4, -0.2) is 0 Å². The normalized spacial score (nSPS) is 11.2. The quantitative estimate of drug-likeness (QED) is 0.365. The van der Waals surface area contributed by atoms with Crippen LogP contribution in [0, 0.1) is 0 Å². The van der Waals surface area contributed by atoms with Gasteiger partial charge in [0.1, 0.15) is 0 Å². The molecule has 0 atom stereocenters. The molecule has 0 spiro atoms. The van der Waals surface area contributed by atoms with E-state index >= 15 is 0 Å². The Morgan fingerprint density at radius 1 is 0.957 bits per heavy atom. The molecule has 0 bridgehead atoms. The Morgan fingerprint density at radius 2 is 1.61 bits per heavy atom. The van der Waals surface area contributed by atoms with Crippen molar-refractivity contribution in [3.8, 4) is 0 Å². The smallest absolute Gasteiger partial charge is 0.339 e. The van der Waals surface area contributed by atoms with E-state index in [-0.39, 0.29) is 5.63 Å². The minimum absolute atomic E-state index is 0.245. The second kappa shape index (κ2) is 9.77. The van der Waals surface area contributed by atoms with E-state index in [9.17, 15) is 4.79 Å². The number of fused-ring (bicyclic) bond motifs is 1. The van der Waals surface area contributed by atoms with E-state index in [1.807, 2.05) is 18.2 Å². The number of aryl methyl sites for hydroxylation is 1. The molecule has 0 saturated carbocycles. The average molecular weight is 335 g/mol. The van der Waals surface area contributed by atoms with Crippen LogP contribution in [0.1, 0.15) is 70.3 Å². The number of halogens is 1. The van der Waals surface area contributed by atoms with Crippen molar-refractivity contribution in [2.75, 3.05) is 0 Å². The molecule has 0 aliphatic heterocycles. The first kappa shape index (κ1) is 18.1. The van der Waals surface area contributed by atoms with E-state index in [0.717, 1.165) is 23.8 Å². The van der Waals surface area contributed by atoms with Gasteiger partial charge in [0.15, 0.2) is 5.58 Å². The lowest BCUT2D eigenvalue weighted by Crippen LogP contribution is -2.07. The minimum atomic E-state index is -0.245. The third-order valence-corrected chi connectivity index (χ3v) is 4.63. The zero-order valence-corrected chi connectivity index (χ0v) is 14.8. The summed E-state index contributed by atoms with van der Waals surface area (Å²) >= 11 is 6.06. The Labute approximate surface area is 143 Å². The van der Waals surface area contributed by atoms with Crippen LogP contribution in [0.25, 0.3) is 11.0 Å². The molecular weight excluding hydrogens is 308 g/mol. The average Bonchev–Trinajstić information content (AvgIpc) is 2.54. The standard InChI is InChI=1S/C20H27ClO2/c1-2-3-4-5-6-7-8-9-10-12-17-15-16-13-11-14-18(21)19(16)23-20(17)22/h11,13-15H,2-10,12H2,1H3. The van der Waals surface area contributed by atoms with Gasteiger partial charge in [0.2, 0.25) is 0 Å². The summed E-state index contributed by atoms with van der Waals surface area (Å²) in [5.74, 6) is 0. The Balaban J connectivity index is 1.75. The fourth-order valence-corrected chi connectivity index (χ4v) is 3.17. The number of benzene rings is 1. The molecule has 0 fully saturated rings. The highest BCUT2D eigenvalue weighted by Crippen LogP contribution is 2.22. The van der Waals surface area contributed by atoms with Gasteiger partial charge in [-0.15, -0.1) is 0 Å². The van der Waals surface area contributed by atoms with E-state index in [2.05, 4.69) is 6.92 Å². The second-order valence-corrected chi connectivity index (χ2v) is 6.70. The van der Waals surface area contributed by atoms with E-state index in [1.165, 1.54) is 51.4 Å². The molecule has 0 amide bonds. The molecule has 1 aromatic carbocycles.